The molecule has 0 aliphatic carbocycles. The van der Waals surface area contributed by atoms with E-state index in [-0.39, 0.29) is 5.97 Å². The Morgan fingerprint density at radius 3 is 2.77 bits per heavy atom. The molecule has 22 heavy (non-hydrogen) atoms. The Bertz CT molecular complexity index is 663. The highest BCUT2D eigenvalue weighted by Crippen LogP contribution is 2.24. The van der Waals surface area contributed by atoms with Gasteiger partial charge in [-0.2, -0.15) is 0 Å². The SMILES string of the molecule is COC(=O)CCc1ccc2cc(N3CCCCC3)ccc2n1. The van der Waals surface area contributed by atoms with Crippen molar-refractivity contribution in [3.63, 3.8) is 0 Å². The Hall–Kier alpha value is -2.10. The summed E-state index contributed by atoms with van der Waals surface area (Å²) in [7, 11) is 1.41. The van der Waals surface area contributed by atoms with Crippen LogP contribution in [0.4, 0.5) is 5.69 Å². The van der Waals surface area contributed by atoms with Crippen molar-refractivity contribution >= 4 is 22.6 Å². The number of anilines is 1. The Kier molecular flexibility index (Phi) is 4.56. The van der Waals surface area contributed by atoms with Gasteiger partial charge in [0.2, 0.25) is 0 Å². The van der Waals surface area contributed by atoms with Crippen molar-refractivity contribution in [2.24, 2.45) is 0 Å². The van der Waals surface area contributed by atoms with E-state index in [0.717, 1.165) is 29.7 Å². The van der Waals surface area contributed by atoms with Gasteiger partial charge in [-0.15, -0.1) is 0 Å². The van der Waals surface area contributed by atoms with Gasteiger partial charge in [-0.1, -0.05) is 6.07 Å². The molecule has 0 atom stereocenters. The van der Waals surface area contributed by atoms with Crippen molar-refractivity contribution in [3.8, 4) is 0 Å². The molecule has 2 heterocycles. The molecule has 1 fully saturated rings. The molecule has 4 nitrogen and oxygen atoms in total. The van der Waals surface area contributed by atoms with Crippen molar-refractivity contribution in [2.75, 3.05) is 25.1 Å². The lowest BCUT2D eigenvalue weighted by Gasteiger charge is -2.29. The van der Waals surface area contributed by atoms with E-state index in [4.69, 9.17) is 0 Å². The lowest BCUT2D eigenvalue weighted by Crippen LogP contribution is -2.29. The van der Waals surface area contributed by atoms with Crippen LogP contribution in [0.3, 0.4) is 0 Å². The summed E-state index contributed by atoms with van der Waals surface area (Å²) in [5, 5.41) is 1.16. The van der Waals surface area contributed by atoms with E-state index in [1.807, 2.05) is 6.07 Å². The Morgan fingerprint density at radius 2 is 2.00 bits per heavy atom. The number of rotatable bonds is 4. The number of esters is 1. The van der Waals surface area contributed by atoms with E-state index in [9.17, 15) is 4.79 Å². The van der Waals surface area contributed by atoms with Crippen LogP contribution in [0, 0.1) is 0 Å². The Labute approximate surface area is 131 Å². The van der Waals surface area contributed by atoms with Crippen LogP contribution < -0.4 is 4.90 Å². The lowest BCUT2D eigenvalue weighted by molar-refractivity contribution is -0.140. The summed E-state index contributed by atoms with van der Waals surface area (Å²) < 4.78 is 4.67. The fraction of sp³-hybridized carbons (Fsp3) is 0.444. The first-order valence-electron chi connectivity index (χ1n) is 7.98. The molecule has 0 saturated carbocycles. The number of carbonyl (C=O) groups excluding carboxylic acids is 1. The minimum absolute atomic E-state index is 0.192. The summed E-state index contributed by atoms with van der Waals surface area (Å²) in [6.07, 6.45) is 4.90. The fourth-order valence-corrected chi connectivity index (χ4v) is 2.98. The molecule has 116 valence electrons. The largest absolute Gasteiger partial charge is 0.469 e. The molecule has 2 aromatic rings. The third kappa shape index (κ3) is 3.38. The van der Waals surface area contributed by atoms with Gasteiger partial charge in [-0.05, 0) is 43.5 Å². The third-order valence-corrected chi connectivity index (χ3v) is 4.26. The summed E-state index contributed by atoms with van der Waals surface area (Å²) >= 11 is 0. The van der Waals surface area contributed by atoms with Crippen molar-refractivity contribution in [1.82, 2.24) is 4.98 Å². The average molecular weight is 298 g/mol. The number of hydrogen-bond donors (Lipinski definition) is 0. The molecule has 4 heteroatoms. The highest BCUT2D eigenvalue weighted by atomic mass is 16.5. The fourth-order valence-electron chi connectivity index (χ4n) is 2.98. The van der Waals surface area contributed by atoms with Crippen LogP contribution in [0.15, 0.2) is 30.3 Å². The Balaban J connectivity index is 1.77. The van der Waals surface area contributed by atoms with Gasteiger partial charge in [0.05, 0.1) is 19.0 Å². The molecule has 0 amide bonds. The average Bonchev–Trinajstić information content (AvgIpc) is 2.59. The summed E-state index contributed by atoms with van der Waals surface area (Å²) in [5.74, 6) is -0.192. The van der Waals surface area contributed by atoms with E-state index in [1.165, 1.54) is 32.1 Å². The van der Waals surface area contributed by atoms with E-state index in [1.54, 1.807) is 0 Å². The molecule has 1 aromatic carbocycles. The molecular weight excluding hydrogens is 276 g/mol. The third-order valence-electron chi connectivity index (χ3n) is 4.26. The molecule has 1 aliphatic rings. The smallest absolute Gasteiger partial charge is 0.305 e. The van der Waals surface area contributed by atoms with Crippen molar-refractivity contribution < 1.29 is 9.53 Å². The highest BCUT2D eigenvalue weighted by molar-refractivity contribution is 5.82. The second-order valence-corrected chi connectivity index (χ2v) is 5.80. The zero-order valence-electron chi connectivity index (χ0n) is 13.0. The summed E-state index contributed by atoms with van der Waals surface area (Å²) in [6, 6.07) is 10.6. The topological polar surface area (TPSA) is 42.4 Å². The minimum atomic E-state index is -0.192. The first kappa shape index (κ1) is 14.8. The number of aromatic nitrogens is 1. The predicted octanol–water partition coefficient (Wildman–Crippen LogP) is 3.33. The van der Waals surface area contributed by atoms with Gasteiger partial charge in [-0.25, -0.2) is 0 Å². The normalized spacial score (nSPS) is 15.0. The van der Waals surface area contributed by atoms with Gasteiger partial charge in [0.1, 0.15) is 0 Å². The standard InChI is InChI=1S/C18H22N2O2/c1-22-18(21)10-7-15-6-5-14-13-16(8-9-17(14)19-15)20-11-3-2-4-12-20/h5-6,8-9,13H,2-4,7,10-12H2,1H3. The molecule has 1 aromatic heterocycles. The zero-order valence-corrected chi connectivity index (χ0v) is 13.0. The second kappa shape index (κ2) is 6.77. The summed E-state index contributed by atoms with van der Waals surface area (Å²) in [5.41, 5.74) is 3.21. The van der Waals surface area contributed by atoms with E-state index in [2.05, 4.69) is 38.9 Å². The number of ether oxygens (including phenoxy) is 1. The van der Waals surface area contributed by atoms with Crippen LogP contribution in [0.5, 0.6) is 0 Å². The molecule has 1 aliphatic heterocycles. The predicted molar refractivity (Wildman–Crippen MR) is 88.1 cm³/mol. The number of pyridine rings is 1. The van der Waals surface area contributed by atoms with Crippen LogP contribution >= 0.6 is 0 Å². The first-order valence-corrected chi connectivity index (χ1v) is 7.98. The maximum atomic E-state index is 11.2. The number of aryl methyl sites for hydroxylation is 1. The molecule has 1 saturated heterocycles. The van der Waals surface area contributed by atoms with E-state index in [0.29, 0.717) is 12.8 Å². The molecule has 0 unspecified atom stereocenters. The van der Waals surface area contributed by atoms with Crippen LogP contribution in [-0.4, -0.2) is 31.2 Å². The molecular formula is C18H22N2O2. The maximum Gasteiger partial charge on any atom is 0.305 e. The van der Waals surface area contributed by atoms with Crippen molar-refractivity contribution in [2.45, 2.75) is 32.1 Å². The quantitative estimate of drug-likeness (QED) is 0.812. The monoisotopic (exact) mass is 298 g/mol. The number of hydrogen-bond acceptors (Lipinski definition) is 4. The van der Waals surface area contributed by atoms with Crippen molar-refractivity contribution in [3.05, 3.63) is 36.0 Å². The van der Waals surface area contributed by atoms with Crippen LogP contribution in [0.1, 0.15) is 31.4 Å². The van der Waals surface area contributed by atoms with Gasteiger partial charge in [0.25, 0.3) is 0 Å². The number of nitrogens with zero attached hydrogens (tertiary/aromatic N) is 2. The lowest BCUT2D eigenvalue weighted by atomic mass is 10.1. The molecule has 3 rings (SSSR count). The Morgan fingerprint density at radius 1 is 1.18 bits per heavy atom. The van der Waals surface area contributed by atoms with Crippen LogP contribution in [-0.2, 0) is 16.0 Å². The zero-order chi connectivity index (χ0) is 15.4. The number of benzene rings is 1. The van der Waals surface area contributed by atoms with Gasteiger partial charge in [0.15, 0.2) is 0 Å². The van der Waals surface area contributed by atoms with E-state index < -0.39 is 0 Å². The van der Waals surface area contributed by atoms with Gasteiger partial charge < -0.3 is 9.64 Å². The number of fused-ring (bicyclic) bond motifs is 1. The number of piperidine rings is 1. The van der Waals surface area contributed by atoms with Crippen LogP contribution in [0.25, 0.3) is 10.9 Å². The second-order valence-electron chi connectivity index (χ2n) is 5.80. The molecule has 0 spiro atoms. The summed E-state index contributed by atoms with van der Waals surface area (Å²) in [6.45, 7) is 2.30. The van der Waals surface area contributed by atoms with Gasteiger partial charge in [0, 0.05) is 36.3 Å². The van der Waals surface area contributed by atoms with E-state index >= 15 is 0 Å². The molecule has 0 radical (unpaired) electrons. The first-order chi connectivity index (χ1) is 10.8. The molecule has 0 bridgehead atoms. The molecule has 0 N–H and O–H groups in total. The van der Waals surface area contributed by atoms with Gasteiger partial charge >= 0.3 is 5.97 Å². The van der Waals surface area contributed by atoms with Crippen molar-refractivity contribution in [1.29, 1.82) is 0 Å². The van der Waals surface area contributed by atoms with Gasteiger partial charge in [-0.3, -0.25) is 9.78 Å². The highest BCUT2D eigenvalue weighted by Gasteiger charge is 2.11. The minimum Gasteiger partial charge on any atom is -0.469 e. The summed E-state index contributed by atoms with van der Waals surface area (Å²) in [4.78, 5) is 18.3. The van der Waals surface area contributed by atoms with Crippen LogP contribution in [0.2, 0.25) is 0 Å². The number of carbonyl (C=O) groups is 1. The number of methoxy groups -OCH3 is 1. The maximum absolute atomic E-state index is 11.2.